The summed E-state index contributed by atoms with van der Waals surface area (Å²) in [5.41, 5.74) is 10.2. The van der Waals surface area contributed by atoms with Crippen LogP contribution in [0.1, 0.15) is 11.1 Å². The molecular formula is C18H16N2O3. The van der Waals surface area contributed by atoms with Crippen molar-refractivity contribution >= 4 is 24.0 Å². The first kappa shape index (κ1) is 16.2. The molecule has 0 radical (unpaired) electrons. The number of carbonyl (C=O) groups is 2. The van der Waals surface area contributed by atoms with Gasteiger partial charge in [-0.1, -0.05) is 42.5 Å². The van der Waals surface area contributed by atoms with Crippen LogP contribution in [0.2, 0.25) is 0 Å². The molecule has 4 N–H and O–H groups in total. The Morgan fingerprint density at radius 3 is 2.39 bits per heavy atom. The summed E-state index contributed by atoms with van der Waals surface area (Å²) in [5, 5.41) is 8.51. The molecule has 0 atom stereocenters. The summed E-state index contributed by atoms with van der Waals surface area (Å²) in [7, 11) is 0. The lowest BCUT2D eigenvalue weighted by molar-refractivity contribution is -0.124. The van der Waals surface area contributed by atoms with Gasteiger partial charge in [0.1, 0.15) is 0 Å². The molecule has 0 unspecified atom stereocenters. The zero-order valence-electron chi connectivity index (χ0n) is 12.3. The van der Waals surface area contributed by atoms with Crippen LogP contribution in [0.4, 0.5) is 0 Å². The molecule has 0 spiro atoms. The third-order valence-corrected chi connectivity index (χ3v) is 3.13. The Hall–Kier alpha value is -3.18. The first-order valence-electron chi connectivity index (χ1n) is 6.89. The maximum atomic E-state index is 11.1. The van der Waals surface area contributed by atoms with Crippen LogP contribution in [0.3, 0.4) is 0 Å². The van der Waals surface area contributed by atoms with Gasteiger partial charge in [-0.25, -0.2) is 5.48 Å². The van der Waals surface area contributed by atoms with Crippen molar-refractivity contribution in [2.24, 2.45) is 5.73 Å². The highest BCUT2D eigenvalue weighted by Crippen LogP contribution is 2.26. The van der Waals surface area contributed by atoms with E-state index < -0.39 is 11.8 Å². The van der Waals surface area contributed by atoms with E-state index in [4.69, 9.17) is 10.9 Å². The molecule has 0 aliphatic carbocycles. The van der Waals surface area contributed by atoms with Gasteiger partial charge >= 0.3 is 0 Å². The lowest BCUT2D eigenvalue weighted by Gasteiger charge is -2.08. The Morgan fingerprint density at radius 2 is 1.74 bits per heavy atom. The fourth-order valence-electron chi connectivity index (χ4n) is 2.07. The van der Waals surface area contributed by atoms with Crippen LogP contribution in [-0.2, 0) is 9.59 Å². The van der Waals surface area contributed by atoms with Crippen molar-refractivity contribution in [3.63, 3.8) is 0 Å². The molecule has 0 aromatic heterocycles. The summed E-state index contributed by atoms with van der Waals surface area (Å²) in [6, 6.07) is 15.2. The zero-order chi connectivity index (χ0) is 16.7. The molecule has 0 heterocycles. The second-order valence-electron chi connectivity index (χ2n) is 4.76. The topological polar surface area (TPSA) is 92.4 Å². The number of nitrogens with two attached hydrogens (primary N) is 1. The van der Waals surface area contributed by atoms with Gasteiger partial charge in [0, 0.05) is 12.2 Å². The predicted molar refractivity (Wildman–Crippen MR) is 89.1 cm³/mol. The fourth-order valence-corrected chi connectivity index (χ4v) is 2.07. The number of benzene rings is 2. The Labute approximate surface area is 133 Å². The molecule has 116 valence electrons. The van der Waals surface area contributed by atoms with Crippen molar-refractivity contribution in [2.75, 3.05) is 0 Å². The summed E-state index contributed by atoms with van der Waals surface area (Å²) in [5.74, 6) is -1.13. The van der Waals surface area contributed by atoms with Gasteiger partial charge in [0.2, 0.25) is 5.91 Å². The van der Waals surface area contributed by atoms with Crippen LogP contribution < -0.4 is 11.2 Å². The SMILES string of the molecule is NC(=O)/C=C/c1ccc(/C=C/C(=O)NO)cc1-c1ccccc1. The van der Waals surface area contributed by atoms with Gasteiger partial charge < -0.3 is 5.73 Å². The smallest absolute Gasteiger partial charge is 0.267 e. The number of hydrogen-bond acceptors (Lipinski definition) is 3. The summed E-state index contributed by atoms with van der Waals surface area (Å²) in [6.07, 6.45) is 5.76. The third kappa shape index (κ3) is 4.66. The molecule has 0 aliphatic heterocycles. The summed E-state index contributed by atoms with van der Waals surface area (Å²) in [4.78, 5) is 22.0. The largest absolute Gasteiger partial charge is 0.366 e. The lowest BCUT2D eigenvalue weighted by atomic mass is 9.96. The molecule has 23 heavy (non-hydrogen) atoms. The lowest BCUT2D eigenvalue weighted by Crippen LogP contribution is -2.14. The van der Waals surface area contributed by atoms with Gasteiger partial charge in [0.15, 0.2) is 0 Å². The Morgan fingerprint density at radius 1 is 1.00 bits per heavy atom. The molecule has 2 amide bonds. The second-order valence-corrected chi connectivity index (χ2v) is 4.76. The van der Waals surface area contributed by atoms with E-state index in [1.165, 1.54) is 17.6 Å². The normalized spacial score (nSPS) is 11.0. The molecule has 0 bridgehead atoms. The van der Waals surface area contributed by atoms with Crippen LogP contribution in [0.15, 0.2) is 60.7 Å². The minimum absolute atomic E-state index is 0.521. The standard InChI is InChI=1S/C18H16N2O3/c19-17(21)10-9-15-8-6-13(7-11-18(22)20-23)12-16(15)14-4-2-1-3-5-14/h1-12,23H,(H2,19,21)(H,20,22)/b10-9+,11-7+. The quantitative estimate of drug-likeness (QED) is 0.450. The van der Waals surface area contributed by atoms with Crippen LogP contribution in [0.5, 0.6) is 0 Å². The first-order valence-corrected chi connectivity index (χ1v) is 6.89. The highest BCUT2D eigenvalue weighted by Gasteiger charge is 2.04. The van der Waals surface area contributed by atoms with Crippen molar-refractivity contribution in [3.8, 4) is 11.1 Å². The van der Waals surface area contributed by atoms with Crippen molar-refractivity contribution < 1.29 is 14.8 Å². The van der Waals surface area contributed by atoms with E-state index in [0.717, 1.165) is 22.3 Å². The van der Waals surface area contributed by atoms with Crippen molar-refractivity contribution in [1.82, 2.24) is 5.48 Å². The van der Waals surface area contributed by atoms with E-state index in [1.54, 1.807) is 18.2 Å². The fraction of sp³-hybridized carbons (Fsp3) is 0. The van der Waals surface area contributed by atoms with Crippen LogP contribution in [0, 0.1) is 0 Å². The summed E-state index contributed by atoms with van der Waals surface area (Å²) < 4.78 is 0. The number of amides is 2. The van der Waals surface area contributed by atoms with Gasteiger partial charge in [0.25, 0.3) is 5.91 Å². The first-order chi connectivity index (χ1) is 11.1. The van der Waals surface area contributed by atoms with Gasteiger partial charge in [-0.05, 0) is 40.5 Å². The van der Waals surface area contributed by atoms with E-state index in [-0.39, 0.29) is 0 Å². The molecule has 2 rings (SSSR count). The van der Waals surface area contributed by atoms with E-state index in [9.17, 15) is 9.59 Å². The molecule has 5 heteroatoms. The monoisotopic (exact) mass is 308 g/mol. The molecule has 0 saturated heterocycles. The minimum atomic E-state index is -0.607. The van der Waals surface area contributed by atoms with E-state index in [0.29, 0.717) is 0 Å². The second kappa shape index (κ2) is 7.72. The number of rotatable bonds is 5. The van der Waals surface area contributed by atoms with Crippen molar-refractivity contribution in [3.05, 3.63) is 71.8 Å². The highest BCUT2D eigenvalue weighted by atomic mass is 16.5. The molecule has 0 saturated carbocycles. The maximum Gasteiger partial charge on any atom is 0.267 e. The average Bonchev–Trinajstić information content (AvgIpc) is 2.58. The van der Waals surface area contributed by atoms with Crippen LogP contribution >= 0.6 is 0 Å². The van der Waals surface area contributed by atoms with Crippen LogP contribution in [-0.4, -0.2) is 17.0 Å². The summed E-state index contributed by atoms with van der Waals surface area (Å²) >= 11 is 0. The number of nitrogens with one attached hydrogen (secondary N) is 1. The van der Waals surface area contributed by atoms with Gasteiger partial charge in [0.05, 0.1) is 0 Å². The van der Waals surface area contributed by atoms with Gasteiger partial charge in [-0.3, -0.25) is 14.8 Å². The third-order valence-electron chi connectivity index (χ3n) is 3.13. The van der Waals surface area contributed by atoms with Gasteiger partial charge in [-0.15, -0.1) is 0 Å². The Bertz CT molecular complexity index is 765. The van der Waals surface area contributed by atoms with Gasteiger partial charge in [-0.2, -0.15) is 0 Å². The number of carbonyl (C=O) groups excluding carboxylic acids is 2. The van der Waals surface area contributed by atoms with E-state index in [1.807, 2.05) is 42.5 Å². The van der Waals surface area contributed by atoms with Crippen molar-refractivity contribution in [1.29, 1.82) is 0 Å². The average molecular weight is 308 g/mol. The van der Waals surface area contributed by atoms with E-state index >= 15 is 0 Å². The summed E-state index contributed by atoms with van der Waals surface area (Å²) in [6.45, 7) is 0. The van der Waals surface area contributed by atoms with Crippen molar-refractivity contribution in [2.45, 2.75) is 0 Å². The predicted octanol–water partition coefficient (Wildman–Crippen LogP) is 2.37. The molecular weight excluding hydrogens is 292 g/mol. The Kier molecular flexibility index (Phi) is 5.44. The molecule has 0 fully saturated rings. The number of hydroxylamine groups is 1. The van der Waals surface area contributed by atoms with Crippen LogP contribution in [0.25, 0.3) is 23.3 Å². The molecule has 5 nitrogen and oxygen atoms in total. The number of hydrogen-bond donors (Lipinski definition) is 3. The Balaban J connectivity index is 2.46. The maximum absolute atomic E-state index is 11.1. The zero-order valence-corrected chi connectivity index (χ0v) is 12.3. The molecule has 2 aromatic carbocycles. The van der Waals surface area contributed by atoms with E-state index in [2.05, 4.69) is 0 Å². The highest BCUT2D eigenvalue weighted by molar-refractivity contribution is 5.93. The molecule has 0 aliphatic rings. The minimum Gasteiger partial charge on any atom is -0.366 e. The molecule has 2 aromatic rings. The number of primary amides is 1.